The number of fused-ring (bicyclic) bond motifs is 1. The zero-order valence-electron chi connectivity index (χ0n) is 10.9. The molecule has 1 aliphatic carbocycles. The Balaban J connectivity index is 1.76. The smallest absolute Gasteiger partial charge is 0.234 e. The highest BCUT2D eigenvalue weighted by Crippen LogP contribution is 2.35. The lowest BCUT2D eigenvalue weighted by Gasteiger charge is -2.22. The predicted molar refractivity (Wildman–Crippen MR) is 71.8 cm³/mol. The second-order valence-corrected chi connectivity index (χ2v) is 6.11. The van der Waals surface area contributed by atoms with E-state index in [1.807, 2.05) is 4.52 Å². The summed E-state index contributed by atoms with van der Waals surface area (Å²) >= 11 is 1.64. The predicted octanol–water partition coefficient (Wildman–Crippen LogP) is 2.34. The molecule has 6 heteroatoms. The summed E-state index contributed by atoms with van der Waals surface area (Å²) in [7, 11) is 0. The molecular weight excluding hydrogens is 246 g/mol. The van der Waals surface area contributed by atoms with Crippen LogP contribution >= 0.6 is 11.3 Å². The molecule has 3 rings (SSSR count). The zero-order valence-corrected chi connectivity index (χ0v) is 11.7. The first-order valence-electron chi connectivity index (χ1n) is 6.72. The number of hydrogen-bond donors (Lipinski definition) is 1. The molecule has 1 N–H and O–H groups in total. The molecule has 1 saturated carbocycles. The molecule has 2 aromatic heterocycles. The standard InChI is InChI=1S/C12H19N5S/c1-3-8(2)13-7-10-16-17-11(9-5-4-6-9)14-15-12(17)18-10/h8-9,13H,3-7H2,1-2H3. The van der Waals surface area contributed by atoms with Crippen LogP contribution in [0.1, 0.15) is 56.3 Å². The van der Waals surface area contributed by atoms with Crippen LogP contribution in [0, 0.1) is 0 Å². The lowest BCUT2D eigenvalue weighted by molar-refractivity contribution is 0.394. The van der Waals surface area contributed by atoms with E-state index in [1.54, 1.807) is 11.3 Å². The van der Waals surface area contributed by atoms with Crippen LogP contribution in [0.2, 0.25) is 0 Å². The van der Waals surface area contributed by atoms with E-state index in [-0.39, 0.29) is 0 Å². The fraction of sp³-hybridized carbons (Fsp3) is 0.750. The molecule has 5 nitrogen and oxygen atoms in total. The molecule has 1 fully saturated rings. The van der Waals surface area contributed by atoms with Crippen molar-refractivity contribution in [2.45, 2.75) is 58.0 Å². The number of nitrogens with one attached hydrogen (secondary N) is 1. The van der Waals surface area contributed by atoms with Gasteiger partial charge in [-0.3, -0.25) is 0 Å². The maximum atomic E-state index is 4.63. The van der Waals surface area contributed by atoms with Gasteiger partial charge in [-0.15, -0.1) is 10.2 Å². The largest absolute Gasteiger partial charge is 0.308 e. The van der Waals surface area contributed by atoms with Crippen LogP contribution < -0.4 is 5.32 Å². The molecule has 0 amide bonds. The van der Waals surface area contributed by atoms with E-state index in [2.05, 4.69) is 34.5 Å². The van der Waals surface area contributed by atoms with Gasteiger partial charge in [0.15, 0.2) is 5.82 Å². The SMILES string of the molecule is CCC(C)NCc1nn2c(C3CCC3)nnc2s1. The third kappa shape index (κ3) is 2.14. The summed E-state index contributed by atoms with van der Waals surface area (Å²) in [5.74, 6) is 1.64. The Hall–Kier alpha value is -1.01. The Bertz CT molecular complexity index is 528. The Kier molecular flexibility index (Phi) is 3.30. The van der Waals surface area contributed by atoms with Gasteiger partial charge in [0.05, 0.1) is 0 Å². The van der Waals surface area contributed by atoms with Crippen molar-refractivity contribution in [3.63, 3.8) is 0 Å². The maximum Gasteiger partial charge on any atom is 0.234 e. The highest BCUT2D eigenvalue weighted by atomic mass is 32.1. The molecule has 2 heterocycles. The Morgan fingerprint density at radius 1 is 1.44 bits per heavy atom. The second kappa shape index (κ2) is 4.93. The van der Waals surface area contributed by atoms with Gasteiger partial charge in [0.1, 0.15) is 5.01 Å². The average molecular weight is 265 g/mol. The van der Waals surface area contributed by atoms with Crippen molar-refractivity contribution in [2.24, 2.45) is 0 Å². The first-order valence-corrected chi connectivity index (χ1v) is 7.54. The van der Waals surface area contributed by atoms with Gasteiger partial charge in [-0.25, -0.2) is 0 Å². The lowest BCUT2D eigenvalue weighted by Crippen LogP contribution is -2.24. The molecule has 0 radical (unpaired) electrons. The van der Waals surface area contributed by atoms with Crippen LogP contribution in [0.25, 0.3) is 4.96 Å². The highest BCUT2D eigenvalue weighted by Gasteiger charge is 2.26. The van der Waals surface area contributed by atoms with E-state index in [1.165, 1.54) is 19.3 Å². The summed E-state index contributed by atoms with van der Waals surface area (Å²) in [5, 5.41) is 17.7. The van der Waals surface area contributed by atoms with Crippen LogP contribution in [-0.2, 0) is 6.54 Å². The molecule has 18 heavy (non-hydrogen) atoms. The fourth-order valence-corrected chi connectivity index (χ4v) is 2.86. The first-order chi connectivity index (χ1) is 8.78. The molecule has 1 atom stereocenters. The van der Waals surface area contributed by atoms with Crippen molar-refractivity contribution in [3.8, 4) is 0 Å². The minimum atomic E-state index is 0.533. The molecule has 1 aliphatic rings. The van der Waals surface area contributed by atoms with Crippen molar-refractivity contribution in [3.05, 3.63) is 10.8 Å². The molecule has 0 bridgehead atoms. The van der Waals surface area contributed by atoms with Crippen LogP contribution in [0.15, 0.2) is 0 Å². The van der Waals surface area contributed by atoms with Gasteiger partial charge >= 0.3 is 0 Å². The van der Waals surface area contributed by atoms with Gasteiger partial charge < -0.3 is 5.32 Å². The highest BCUT2D eigenvalue weighted by molar-refractivity contribution is 7.16. The third-order valence-corrected chi connectivity index (χ3v) is 4.64. The average Bonchev–Trinajstić information content (AvgIpc) is 2.85. The lowest BCUT2D eigenvalue weighted by atomic mass is 9.85. The first kappa shape index (κ1) is 12.0. The van der Waals surface area contributed by atoms with Gasteiger partial charge in [-0.2, -0.15) is 9.61 Å². The minimum absolute atomic E-state index is 0.533. The van der Waals surface area contributed by atoms with Gasteiger partial charge in [-0.05, 0) is 26.2 Å². The molecule has 1 unspecified atom stereocenters. The molecule has 2 aromatic rings. The Morgan fingerprint density at radius 2 is 2.28 bits per heavy atom. The van der Waals surface area contributed by atoms with Gasteiger partial charge in [-0.1, -0.05) is 24.7 Å². The number of hydrogen-bond acceptors (Lipinski definition) is 5. The normalized spacial score (nSPS) is 18.1. The molecule has 0 spiro atoms. The van der Waals surface area contributed by atoms with Crippen LogP contribution in [0.5, 0.6) is 0 Å². The zero-order chi connectivity index (χ0) is 12.5. The second-order valence-electron chi connectivity index (χ2n) is 5.07. The van der Waals surface area contributed by atoms with E-state index in [9.17, 15) is 0 Å². The number of nitrogens with zero attached hydrogens (tertiary/aromatic N) is 4. The van der Waals surface area contributed by atoms with Crippen molar-refractivity contribution in [2.75, 3.05) is 0 Å². The topological polar surface area (TPSA) is 55.1 Å². The minimum Gasteiger partial charge on any atom is -0.308 e. The van der Waals surface area contributed by atoms with Gasteiger partial charge in [0, 0.05) is 18.5 Å². The van der Waals surface area contributed by atoms with E-state index in [4.69, 9.17) is 0 Å². The number of rotatable bonds is 5. The monoisotopic (exact) mass is 265 g/mol. The van der Waals surface area contributed by atoms with E-state index in [0.717, 1.165) is 28.8 Å². The fourth-order valence-electron chi connectivity index (χ4n) is 2.07. The molecular formula is C12H19N5S. The summed E-state index contributed by atoms with van der Waals surface area (Å²) < 4.78 is 1.95. The number of aromatic nitrogens is 4. The summed E-state index contributed by atoms with van der Waals surface area (Å²) in [6, 6.07) is 0.533. The van der Waals surface area contributed by atoms with Crippen molar-refractivity contribution in [1.29, 1.82) is 0 Å². The van der Waals surface area contributed by atoms with Crippen molar-refractivity contribution >= 4 is 16.3 Å². The van der Waals surface area contributed by atoms with Crippen molar-refractivity contribution in [1.82, 2.24) is 25.1 Å². The van der Waals surface area contributed by atoms with E-state index >= 15 is 0 Å². The van der Waals surface area contributed by atoms with Gasteiger partial charge in [0.25, 0.3) is 0 Å². The summed E-state index contributed by atoms with van der Waals surface area (Å²) in [4.78, 5) is 0.929. The molecule has 98 valence electrons. The van der Waals surface area contributed by atoms with Crippen LogP contribution in [0.3, 0.4) is 0 Å². The van der Waals surface area contributed by atoms with E-state index < -0.39 is 0 Å². The summed E-state index contributed by atoms with van der Waals surface area (Å²) in [6.07, 6.45) is 4.92. The molecule has 0 aromatic carbocycles. The van der Waals surface area contributed by atoms with Crippen LogP contribution in [0.4, 0.5) is 0 Å². The molecule has 0 saturated heterocycles. The maximum absolute atomic E-state index is 4.63. The quantitative estimate of drug-likeness (QED) is 0.901. The third-order valence-electron chi connectivity index (χ3n) is 3.74. The summed E-state index contributed by atoms with van der Waals surface area (Å²) in [5.41, 5.74) is 0. The Labute approximate surface area is 111 Å². The Morgan fingerprint density at radius 3 is 2.94 bits per heavy atom. The molecule has 0 aliphatic heterocycles. The van der Waals surface area contributed by atoms with E-state index in [0.29, 0.717) is 12.0 Å². The van der Waals surface area contributed by atoms with Crippen molar-refractivity contribution < 1.29 is 0 Å². The summed E-state index contributed by atoms with van der Waals surface area (Å²) in [6.45, 7) is 5.21. The van der Waals surface area contributed by atoms with Crippen LogP contribution in [-0.4, -0.2) is 25.9 Å². The van der Waals surface area contributed by atoms with Gasteiger partial charge in [0.2, 0.25) is 4.96 Å².